The number of pyridine rings is 1. The fourth-order valence-electron chi connectivity index (χ4n) is 1.46. The van der Waals surface area contributed by atoms with Crippen molar-refractivity contribution in [2.75, 3.05) is 6.61 Å². The van der Waals surface area contributed by atoms with Gasteiger partial charge < -0.3 is 4.74 Å². The molecule has 2 aromatic rings. The van der Waals surface area contributed by atoms with Gasteiger partial charge in [0, 0.05) is 10.7 Å². The topological polar surface area (TPSA) is 43.6 Å². The second-order valence-corrected chi connectivity index (χ2v) is 4.27. The van der Waals surface area contributed by atoms with E-state index in [1.54, 1.807) is 11.4 Å². The Kier molecular flexibility index (Phi) is 2.96. The van der Waals surface area contributed by atoms with Gasteiger partial charge in [0.1, 0.15) is 5.56 Å². The van der Waals surface area contributed by atoms with Crippen LogP contribution in [0, 0.1) is 6.92 Å². The predicted octanol–water partition coefficient (Wildman–Crippen LogP) is 2.58. The smallest absolute Gasteiger partial charge is 0.341 e. The van der Waals surface area contributed by atoms with Gasteiger partial charge in [-0.2, -0.15) is 5.10 Å². The fourth-order valence-corrected chi connectivity index (χ4v) is 1.78. The first-order valence-corrected chi connectivity index (χ1v) is 5.73. The van der Waals surface area contributed by atoms with Crippen molar-refractivity contribution in [2.45, 2.75) is 13.8 Å². The number of rotatable bonds is 2. The number of halogens is 1. The van der Waals surface area contributed by atoms with Crippen LogP contribution in [0.25, 0.3) is 5.52 Å². The maximum absolute atomic E-state index is 11.6. The van der Waals surface area contributed by atoms with Crippen molar-refractivity contribution in [2.24, 2.45) is 0 Å². The van der Waals surface area contributed by atoms with Crippen LogP contribution in [0.15, 0.2) is 22.9 Å². The van der Waals surface area contributed by atoms with Crippen LogP contribution in [0.1, 0.15) is 22.8 Å². The van der Waals surface area contributed by atoms with Gasteiger partial charge in [0.2, 0.25) is 0 Å². The number of hydrogen-bond acceptors (Lipinski definition) is 3. The first-order valence-electron chi connectivity index (χ1n) is 4.94. The van der Waals surface area contributed by atoms with Gasteiger partial charge in [0.15, 0.2) is 0 Å². The van der Waals surface area contributed by atoms with Crippen LogP contribution >= 0.6 is 15.9 Å². The minimum absolute atomic E-state index is 0.340. The van der Waals surface area contributed by atoms with Crippen molar-refractivity contribution >= 4 is 27.4 Å². The minimum Gasteiger partial charge on any atom is -0.462 e. The Morgan fingerprint density at radius 1 is 1.62 bits per heavy atom. The summed E-state index contributed by atoms with van der Waals surface area (Å²) in [4.78, 5) is 11.6. The van der Waals surface area contributed by atoms with Gasteiger partial charge in [0.05, 0.1) is 18.3 Å². The average molecular weight is 283 g/mol. The number of carbonyl (C=O) groups excluding carboxylic acids is 1. The molecule has 84 valence electrons. The Morgan fingerprint density at radius 2 is 2.38 bits per heavy atom. The molecule has 0 aromatic carbocycles. The summed E-state index contributed by atoms with van der Waals surface area (Å²) >= 11 is 3.43. The molecule has 4 nitrogen and oxygen atoms in total. The fraction of sp³-hybridized carbons (Fsp3) is 0.273. The van der Waals surface area contributed by atoms with Gasteiger partial charge >= 0.3 is 5.97 Å². The molecule has 0 unspecified atom stereocenters. The lowest BCUT2D eigenvalue weighted by atomic mass is 10.2. The maximum atomic E-state index is 11.6. The van der Waals surface area contributed by atoms with Crippen LogP contribution in [-0.4, -0.2) is 22.2 Å². The van der Waals surface area contributed by atoms with E-state index in [2.05, 4.69) is 21.0 Å². The molecule has 0 aliphatic rings. The quantitative estimate of drug-likeness (QED) is 0.796. The van der Waals surface area contributed by atoms with Crippen LogP contribution in [0.2, 0.25) is 0 Å². The monoisotopic (exact) mass is 282 g/mol. The number of hydrogen-bond donors (Lipinski definition) is 0. The van der Waals surface area contributed by atoms with Crippen LogP contribution in [0.4, 0.5) is 0 Å². The molecular formula is C11H11BrN2O2. The Labute approximate surface area is 101 Å². The summed E-state index contributed by atoms with van der Waals surface area (Å²) in [5.74, 6) is -0.340. The number of ether oxygens (including phenoxy) is 1. The lowest BCUT2D eigenvalue weighted by Crippen LogP contribution is -2.04. The normalized spacial score (nSPS) is 10.7. The second-order valence-electron chi connectivity index (χ2n) is 3.41. The van der Waals surface area contributed by atoms with Gasteiger partial charge in [-0.1, -0.05) is 15.9 Å². The minimum atomic E-state index is -0.340. The van der Waals surface area contributed by atoms with Gasteiger partial charge in [-0.15, -0.1) is 0 Å². The standard InChI is InChI=1S/C11H11BrN2O2/c1-3-16-11(15)8-5-13-14-6-7(2)9(12)4-10(8)14/h4-6H,3H2,1-2H3. The molecule has 2 heterocycles. The van der Waals surface area contributed by atoms with Crippen molar-refractivity contribution in [3.63, 3.8) is 0 Å². The lowest BCUT2D eigenvalue weighted by molar-refractivity contribution is 0.0528. The first kappa shape index (κ1) is 11.1. The molecular weight excluding hydrogens is 272 g/mol. The summed E-state index contributed by atoms with van der Waals surface area (Å²) in [6.07, 6.45) is 3.39. The molecule has 0 aliphatic heterocycles. The zero-order chi connectivity index (χ0) is 11.7. The molecule has 2 aromatic heterocycles. The van der Waals surface area contributed by atoms with E-state index < -0.39 is 0 Å². The molecule has 0 saturated heterocycles. The van der Waals surface area contributed by atoms with Crippen LogP contribution in [0.3, 0.4) is 0 Å². The molecule has 0 atom stereocenters. The first-order chi connectivity index (χ1) is 7.63. The number of aryl methyl sites for hydroxylation is 1. The van der Waals surface area contributed by atoms with Crippen molar-refractivity contribution < 1.29 is 9.53 Å². The Bertz CT molecular complexity index is 548. The highest BCUT2D eigenvalue weighted by atomic mass is 79.9. The Morgan fingerprint density at radius 3 is 3.06 bits per heavy atom. The zero-order valence-corrected chi connectivity index (χ0v) is 10.6. The summed E-state index contributed by atoms with van der Waals surface area (Å²) in [5, 5.41) is 4.12. The molecule has 0 spiro atoms. The number of esters is 1. The van der Waals surface area contributed by atoms with E-state index in [1.807, 2.05) is 19.2 Å². The number of fused-ring (bicyclic) bond motifs is 1. The maximum Gasteiger partial charge on any atom is 0.341 e. The van der Waals surface area contributed by atoms with Crippen molar-refractivity contribution in [1.29, 1.82) is 0 Å². The molecule has 0 radical (unpaired) electrons. The highest BCUT2D eigenvalue weighted by Crippen LogP contribution is 2.21. The Hall–Kier alpha value is -1.36. The summed E-state index contributed by atoms with van der Waals surface area (Å²) < 4.78 is 7.58. The molecule has 0 amide bonds. The van der Waals surface area contributed by atoms with Gasteiger partial charge in [-0.05, 0) is 25.5 Å². The van der Waals surface area contributed by atoms with E-state index >= 15 is 0 Å². The van der Waals surface area contributed by atoms with Crippen LogP contribution < -0.4 is 0 Å². The van der Waals surface area contributed by atoms with E-state index in [0.717, 1.165) is 15.6 Å². The van der Waals surface area contributed by atoms with Crippen LogP contribution in [0.5, 0.6) is 0 Å². The Balaban J connectivity index is 2.56. The average Bonchev–Trinajstić information content (AvgIpc) is 2.62. The summed E-state index contributed by atoms with van der Waals surface area (Å²) in [5.41, 5.74) is 2.30. The molecule has 0 fully saturated rings. The summed E-state index contributed by atoms with van der Waals surface area (Å²) in [7, 11) is 0. The third-order valence-electron chi connectivity index (χ3n) is 2.29. The third kappa shape index (κ3) is 1.82. The highest BCUT2D eigenvalue weighted by molar-refractivity contribution is 9.10. The summed E-state index contributed by atoms with van der Waals surface area (Å²) in [6.45, 7) is 4.11. The van der Waals surface area contributed by atoms with Crippen molar-refractivity contribution in [3.8, 4) is 0 Å². The van der Waals surface area contributed by atoms with Gasteiger partial charge in [-0.25, -0.2) is 9.31 Å². The number of nitrogens with zero attached hydrogens (tertiary/aromatic N) is 2. The van der Waals surface area contributed by atoms with Gasteiger partial charge in [0.25, 0.3) is 0 Å². The van der Waals surface area contributed by atoms with Crippen molar-refractivity contribution in [3.05, 3.63) is 34.1 Å². The predicted molar refractivity (Wildman–Crippen MR) is 63.6 cm³/mol. The summed E-state index contributed by atoms with van der Waals surface area (Å²) in [6, 6.07) is 1.87. The second kappa shape index (κ2) is 4.25. The molecule has 0 bridgehead atoms. The van der Waals surface area contributed by atoms with E-state index in [0.29, 0.717) is 12.2 Å². The van der Waals surface area contributed by atoms with E-state index in [4.69, 9.17) is 4.74 Å². The molecule has 16 heavy (non-hydrogen) atoms. The molecule has 0 saturated carbocycles. The molecule has 2 rings (SSSR count). The zero-order valence-electron chi connectivity index (χ0n) is 9.03. The lowest BCUT2D eigenvalue weighted by Gasteiger charge is -2.02. The molecule has 0 N–H and O–H groups in total. The van der Waals surface area contributed by atoms with Crippen LogP contribution in [-0.2, 0) is 4.74 Å². The highest BCUT2D eigenvalue weighted by Gasteiger charge is 2.14. The number of carbonyl (C=O) groups is 1. The molecule has 5 heteroatoms. The number of aromatic nitrogens is 2. The van der Waals surface area contributed by atoms with Crippen molar-refractivity contribution in [1.82, 2.24) is 9.61 Å². The largest absolute Gasteiger partial charge is 0.462 e. The van der Waals surface area contributed by atoms with E-state index in [-0.39, 0.29) is 5.97 Å². The van der Waals surface area contributed by atoms with E-state index in [1.165, 1.54) is 6.20 Å². The van der Waals surface area contributed by atoms with Gasteiger partial charge in [-0.3, -0.25) is 0 Å². The molecule has 0 aliphatic carbocycles. The SMILES string of the molecule is CCOC(=O)c1cnn2cc(C)c(Br)cc12. The third-order valence-corrected chi connectivity index (χ3v) is 3.14. The van der Waals surface area contributed by atoms with E-state index in [9.17, 15) is 4.79 Å².